The molecule has 0 radical (unpaired) electrons. The van der Waals surface area contributed by atoms with Gasteiger partial charge in [-0.25, -0.2) is 8.42 Å². The van der Waals surface area contributed by atoms with Crippen LogP contribution in [0.3, 0.4) is 0 Å². The van der Waals surface area contributed by atoms with E-state index in [-0.39, 0.29) is 12.1 Å². The molecule has 0 aromatic heterocycles. The summed E-state index contributed by atoms with van der Waals surface area (Å²) in [6, 6.07) is 0.171. The van der Waals surface area contributed by atoms with Crippen LogP contribution in [-0.2, 0) is 10.0 Å². The third-order valence-electron chi connectivity index (χ3n) is 2.94. The van der Waals surface area contributed by atoms with E-state index >= 15 is 0 Å². The average molecular weight is 234 g/mol. The second-order valence-electron chi connectivity index (χ2n) is 5.36. The lowest BCUT2D eigenvalue weighted by Gasteiger charge is -2.39. The molecule has 0 saturated carbocycles. The van der Waals surface area contributed by atoms with Gasteiger partial charge in [0.05, 0.1) is 4.75 Å². The summed E-state index contributed by atoms with van der Waals surface area (Å²) in [6.07, 6.45) is 1.52. The van der Waals surface area contributed by atoms with Gasteiger partial charge in [-0.05, 0) is 40.5 Å². The highest BCUT2D eigenvalue weighted by molar-refractivity contribution is 7.90. The lowest BCUT2D eigenvalue weighted by molar-refractivity contribution is 0.242. The molecule has 2 N–H and O–H groups in total. The Balaban J connectivity index is 2.90. The monoisotopic (exact) mass is 234 g/mol. The first kappa shape index (κ1) is 12.9. The van der Waals surface area contributed by atoms with Crippen LogP contribution in [0.25, 0.3) is 0 Å². The summed E-state index contributed by atoms with van der Waals surface area (Å²) in [4.78, 5) is 0. The first-order valence-corrected chi connectivity index (χ1v) is 6.87. The number of rotatable bonds is 1. The minimum Gasteiger partial charge on any atom is -0.328 e. The van der Waals surface area contributed by atoms with E-state index in [1.54, 1.807) is 25.1 Å². The van der Waals surface area contributed by atoms with E-state index in [0.29, 0.717) is 6.54 Å². The molecule has 0 bridgehead atoms. The number of nitrogens with zero attached hydrogens (tertiary/aromatic N) is 1. The van der Waals surface area contributed by atoms with Gasteiger partial charge in [0.2, 0.25) is 10.0 Å². The van der Waals surface area contributed by atoms with Crippen molar-refractivity contribution in [2.75, 3.05) is 6.54 Å². The van der Waals surface area contributed by atoms with E-state index < -0.39 is 14.8 Å². The van der Waals surface area contributed by atoms with Gasteiger partial charge in [0, 0.05) is 18.6 Å². The number of sulfonamides is 1. The maximum atomic E-state index is 12.2. The van der Waals surface area contributed by atoms with Gasteiger partial charge < -0.3 is 5.73 Å². The molecule has 0 spiro atoms. The first-order chi connectivity index (χ1) is 6.66. The van der Waals surface area contributed by atoms with E-state index in [1.807, 2.05) is 6.92 Å². The molecule has 0 aromatic rings. The Bertz CT molecular complexity index is 319. The predicted octanol–water partition coefficient (Wildman–Crippen LogP) is 0.926. The summed E-state index contributed by atoms with van der Waals surface area (Å²) in [5, 5.41) is 0. The van der Waals surface area contributed by atoms with Crippen LogP contribution in [0.5, 0.6) is 0 Å². The summed E-state index contributed by atoms with van der Waals surface area (Å²) in [5.74, 6) is 0. The Morgan fingerprint density at radius 3 is 2.27 bits per heavy atom. The molecule has 90 valence electrons. The van der Waals surface area contributed by atoms with Gasteiger partial charge in [0.1, 0.15) is 0 Å². The fourth-order valence-electron chi connectivity index (χ4n) is 1.90. The van der Waals surface area contributed by atoms with Crippen molar-refractivity contribution in [3.05, 3.63) is 0 Å². The molecule has 2 atom stereocenters. The first-order valence-electron chi connectivity index (χ1n) is 5.43. The molecule has 0 aromatic carbocycles. The summed E-state index contributed by atoms with van der Waals surface area (Å²) < 4.78 is 25.3. The van der Waals surface area contributed by atoms with Crippen molar-refractivity contribution in [2.24, 2.45) is 5.73 Å². The zero-order valence-electron chi connectivity index (χ0n) is 10.0. The number of hydrogen-bond donors (Lipinski definition) is 1. The van der Waals surface area contributed by atoms with Crippen LogP contribution in [-0.4, -0.2) is 36.1 Å². The molecular formula is C10H22N2O2S. The second-order valence-corrected chi connectivity index (χ2v) is 8.01. The van der Waals surface area contributed by atoms with Crippen LogP contribution < -0.4 is 5.73 Å². The highest BCUT2D eigenvalue weighted by Crippen LogP contribution is 2.27. The highest BCUT2D eigenvalue weighted by Gasteiger charge is 2.39. The summed E-state index contributed by atoms with van der Waals surface area (Å²) in [7, 11) is -3.19. The molecule has 1 aliphatic rings. The van der Waals surface area contributed by atoms with Crippen molar-refractivity contribution >= 4 is 10.0 Å². The molecule has 1 aliphatic heterocycles. The van der Waals surface area contributed by atoms with Crippen LogP contribution in [0.1, 0.15) is 40.5 Å². The highest BCUT2D eigenvalue weighted by atomic mass is 32.2. The molecule has 2 unspecified atom stereocenters. The Hall–Kier alpha value is -0.130. The molecule has 4 nitrogen and oxygen atoms in total. The minimum absolute atomic E-state index is 0.0259. The fourth-order valence-corrected chi connectivity index (χ4v) is 3.51. The molecule has 0 amide bonds. The van der Waals surface area contributed by atoms with E-state index in [9.17, 15) is 8.42 Å². The van der Waals surface area contributed by atoms with Crippen LogP contribution in [0.15, 0.2) is 0 Å². The predicted molar refractivity (Wildman–Crippen MR) is 62.1 cm³/mol. The summed E-state index contributed by atoms with van der Waals surface area (Å²) in [6.45, 7) is 7.71. The Kier molecular flexibility index (Phi) is 3.48. The van der Waals surface area contributed by atoms with Crippen molar-refractivity contribution in [3.63, 3.8) is 0 Å². The van der Waals surface area contributed by atoms with Crippen molar-refractivity contribution in [3.8, 4) is 0 Å². The quantitative estimate of drug-likeness (QED) is 0.734. The smallest absolute Gasteiger partial charge is 0.219 e. The van der Waals surface area contributed by atoms with E-state index in [0.717, 1.165) is 12.8 Å². The fraction of sp³-hybridized carbons (Fsp3) is 1.00. The van der Waals surface area contributed by atoms with Gasteiger partial charge in [0.25, 0.3) is 0 Å². The molecule has 1 fully saturated rings. The third kappa shape index (κ3) is 2.52. The van der Waals surface area contributed by atoms with Crippen molar-refractivity contribution in [1.29, 1.82) is 0 Å². The number of hydrogen-bond acceptors (Lipinski definition) is 3. The summed E-state index contributed by atoms with van der Waals surface area (Å²) >= 11 is 0. The van der Waals surface area contributed by atoms with Crippen LogP contribution in [0, 0.1) is 0 Å². The van der Waals surface area contributed by atoms with Crippen LogP contribution in [0.4, 0.5) is 0 Å². The van der Waals surface area contributed by atoms with E-state index in [1.165, 1.54) is 0 Å². The van der Waals surface area contributed by atoms with Gasteiger partial charge >= 0.3 is 0 Å². The lowest BCUT2D eigenvalue weighted by atomic mass is 10.0. The topological polar surface area (TPSA) is 63.4 Å². The van der Waals surface area contributed by atoms with E-state index in [4.69, 9.17) is 5.73 Å². The minimum atomic E-state index is -3.19. The molecule has 5 heteroatoms. The van der Waals surface area contributed by atoms with Gasteiger partial charge in [-0.15, -0.1) is 0 Å². The standard InChI is InChI=1S/C10H22N2O2S/c1-8-7-9(11)5-6-12(8)15(13,14)10(2,3)4/h8-9H,5-7,11H2,1-4H3. The van der Waals surface area contributed by atoms with Gasteiger partial charge in [-0.3, -0.25) is 0 Å². The lowest BCUT2D eigenvalue weighted by Crippen LogP contribution is -2.52. The number of piperidine rings is 1. The van der Waals surface area contributed by atoms with Gasteiger partial charge in [0.15, 0.2) is 0 Å². The van der Waals surface area contributed by atoms with Crippen molar-refractivity contribution < 1.29 is 8.42 Å². The van der Waals surface area contributed by atoms with Crippen LogP contribution in [0.2, 0.25) is 0 Å². The van der Waals surface area contributed by atoms with Gasteiger partial charge in [-0.1, -0.05) is 0 Å². The Morgan fingerprint density at radius 2 is 1.87 bits per heavy atom. The van der Waals surface area contributed by atoms with Crippen LogP contribution >= 0.6 is 0 Å². The van der Waals surface area contributed by atoms with Crippen molar-refractivity contribution in [2.45, 2.75) is 57.4 Å². The third-order valence-corrected chi connectivity index (χ3v) is 5.65. The zero-order chi connectivity index (χ0) is 11.9. The summed E-state index contributed by atoms with van der Waals surface area (Å²) in [5.41, 5.74) is 5.82. The van der Waals surface area contributed by atoms with E-state index in [2.05, 4.69) is 0 Å². The normalized spacial score (nSPS) is 30.5. The Morgan fingerprint density at radius 1 is 1.33 bits per heavy atom. The maximum Gasteiger partial charge on any atom is 0.219 e. The average Bonchev–Trinajstić information content (AvgIpc) is 2.00. The molecule has 15 heavy (non-hydrogen) atoms. The largest absolute Gasteiger partial charge is 0.328 e. The number of nitrogens with two attached hydrogens (primary N) is 1. The molecule has 0 aliphatic carbocycles. The molecule has 1 rings (SSSR count). The SMILES string of the molecule is CC1CC(N)CCN1S(=O)(=O)C(C)(C)C. The maximum absolute atomic E-state index is 12.2. The zero-order valence-corrected chi connectivity index (χ0v) is 10.8. The molecule has 1 saturated heterocycles. The van der Waals surface area contributed by atoms with Gasteiger partial charge in [-0.2, -0.15) is 4.31 Å². The molecular weight excluding hydrogens is 212 g/mol. The second kappa shape index (κ2) is 4.03. The van der Waals surface area contributed by atoms with Crippen molar-refractivity contribution in [1.82, 2.24) is 4.31 Å². The molecule has 1 heterocycles. The Labute approximate surface area is 92.9 Å².